The Kier molecular flexibility index (Phi) is 6.13. The van der Waals surface area contributed by atoms with Crippen molar-refractivity contribution in [1.29, 1.82) is 0 Å². The molecule has 0 fully saturated rings. The second-order valence-electron chi connectivity index (χ2n) is 3.77. The van der Waals surface area contributed by atoms with Gasteiger partial charge in [0.1, 0.15) is 5.75 Å². The molecule has 0 saturated heterocycles. The predicted octanol–water partition coefficient (Wildman–Crippen LogP) is 3.99. The first-order chi connectivity index (χ1) is 7.71. The molecule has 2 atom stereocenters. The van der Waals surface area contributed by atoms with E-state index in [4.69, 9.17) is 9.47 Å². The van der Waals surface area contributed by atoms with Crippen LogP contribution in [-0.4, -0.2) is 17.6 Å². The van der Waals surface area contributed by atoms with Gasteiger partial charge in [-0.2, -0.15) is 0 Å². The lowest BCUT2D eigenvalue weighted by atomic mass is 10.1. The molecule has 2 nitrogen and oxygen atoms in total. The molecular weight excluding hydrogens is 315 g/mol. The summed E-state index contributed by atoms with van der Waals surface area (Å²) in [7, 11) is 1.69. The second kappa shape index (κ2) is 7.12. The Balaban J connectivity index is 2.77. The van der Waals surface area contributed by atoms with Gasteiger partial charge in [-0.05, 0) is 31.0 Å². The lowest BCUT2D eigenvalue weighted by molar-refractivity contribution is 0.00969. The summed E-state index contributed by atoms with van der Waals surface area (Å²) in [6.45, 7) is 4.25. The second-order valence-corrected chi connectivity index (χ2v) is 4.66. The van der Waals surface area contributed by atoms with Crippen molar-refractivity contribution in [2.24, 2.45) is 0 Å². The Morgan fingerprint density at radius 2 is 2.12 bits per heavy atom. The first-order valence-electron chi connectivity index (χ1n) is 5.56. The highest BCUT2D eigenvalue weighted by Crippen LogP contribution is 2.25. The van der Waals surface area contributed by atoms with Crippen molar-refractivity contribution in [3.05, 3.63) is 29.8 Å². The quantitative estimate of drug-likeness (QED) is 0.579. The molecule has 0 N–H and O–H groups in total. The molecular formula is C13H19IO2. The number of alkyl halides is 1. The molecule has 1 aromatic rings. The number of methoxy groups -OCH3 is 1. The molecule has 1 aromatic carbocycles. The highest BCUT2D eigenvalue weighted by Gasteiger charge is 2.14. The zero-order valence-electron chi connectivity index (χ0n) is 10.1. The first kappa shape index (κ1) is 13.8. The van der Waals surface area contributed by atoms with Gasteiger partial charge in [-0.3, -0.25) is 0 Å². The number of rotatable bonds is 6. The van der Waals surface area contributed by atoms with Gasteiger partial charge in [0.05, 0.1) is 19.3 Å². The van der Waals surface area contributed by atoms with Gasteiger partial charge in [0, 0.05) is 4.43 Å². The van der Waals surface area contributed by atoms with Crippen LogP contribution in [0, 0.1) is 0 Å². The Bertz CT molecular complexity index is 315. The Labute approximate surface area is 111 Å². The van der Waals surface area contributed by atoms with Gasteiger partial charge >= 0.3 is 0 Å². The molecule has 0 radical (unpaired) electrons. The topological polar surface area (TPSA) is 18.5 Å². The lowest BCUT2D eigenvalue weighted by Gasteiger charge is -2.20. The molecule has 90 valence electrons. The maximum absolute atomic E-state index is 5.97. The summed E-state index contributed by atoms with van der Waals surface area (Å²) in [4.78, 5) is 0. The minimum Gasteiger partial charge on any atom is -0.497 e. The van der Waals surface area contributed by atoms with Crippen molar-refractivity contribution in [2.45, 2.75) is 32.5 Å². The molecule has 1 rings (SSSR count). The molecule has 0 heterocycles. The van der Waals surface area contributed by atoms with Crippen LogP contribution in [0.4, 0.5) is 0 Å². The minimum atomic E-state index is 0.158. The highest BCUT2D eigenvalue weighted by molar-refractivity contribution is 14.1. The molecule has 0 spiro atoms. The predicted molar refractivity (Wildman–Crippen MR) is 75.5 cm³/mol. The van der Waals surface area contributed by atoms with Crippen LogP contribution in [0.2, 0.25) is 0 Å². The molecule has 0 bridgehead atoms. The van der Waals surface area contributed by atoms with Crippen LogP contribution in [0.1, 0.15) is 31.9 Å². The summed E-state index contributed by atoms with van der Waals surface area (Å²) in [5.41, 5.74) is 1.19. The van der Waals surface area contributed by atoms with Crippen LogP contribution in [-0.2, 0) is 4.74 Å². The van der Waals surface area contributed by atoms with E-state index >= 15 is 0 Å². The van der Waals surface area contributed by atoms with Crippen molar-refractivity contribution >= 4 is 22.6 Å². The Morgan fingerprint density at radius 1 is 1.38 bits per heavy atom. The van der Waals surface area contributed by atoms with Crippen LogP contribution in [0.15, 0.2) is 24.3 Å². The molecule has 0 aliphatic rings. The molecule has 2 unspecified atom stereocenters. The van der Waals surface area contributed by atoms with Crippen molar-refractivity contribution in [2.75, 3.05) is 11.5 Å². The Hall–Kier alpha value is -0.290. The number of hydrogen-bond donors (Lipinski definition) is 0. The van der Waals surface area contributed by atoms with Crippen LogP contribution in [0.25, 0.3) is 0 Å². The highest BCUT2D eigenvalue weighted by atomic mass is 127. The molecule has 0 aromatic heterocycles. The van der Waals surface area contributed by atoms with E-state index in [0.717, 1.165) is 16.6 Å². The van der Waals surface area contributed by atoms with Gasteiger partial charge in [-0.15, -0.1) is 0 Å². The molecule has 3 heteroatoms. The van der Waals surface area contributed by atoms with Crippen molar-refractivity contribution < 1.29 is 9.47 Å². The third-order valence-electron chi connectivity index (χ3n) is 2.58. The molecule has 0 aliphatic heterocycles. The van der Waals surface area contributed by atoms with E-state index in [1.54, 1.807) is 7.11 Å². The van der Waals surface area contributed by atoms with Gasteiger partial charge in [0.25, 0.3) is 0 Å². The zero-order valence-corrected chi connectivity index (χ0v) is 12.2. The third kappa shape index (κ3) is 3.94. The maximum Gasteiger partial charge on any atom is 0.119 e. The fourth-order valence-electron chi connectivity index (χ4n) is 1.42. The zero-order chi connectivity index (χ0) is 12.0. The SMILES string of the molecule is CCC(C)OC(CI)c1cccc(OC)c1. The minimum absolute atomic E-state index is 0.158. The Morgan fingerprint density at radius 3 is 2.69 bits per heavy atom. The van der Waals surface area contributed by atoms with Crippen LogP contribution >= 0.6 is 22.6 Å². The molecule has 0 saturated carbocycles. The third-order valence-corrected chi connectivity index (χ3v) is 3.38. The van der Waals surface area contributed by atoms with Gasteiger partial charge in [-0.1, -0.05) is 41.6 Å². The van der Waals surface area contributed by atoms with E-state index in [9.17, 15) is 0 Å². The number of benzene rings is 1. The van der Waals surface area contributed by atoms with Crippen LogP contribution < -0.4 is 4.74 Å². The number of halogens is 1. The monoisotopic (exact) mass is 334 g/mol. The molecule has 0 amide bonds. The van der Waals surface area contributed by atoms with Crippen LogP contribution in [0.3, 0.4) is 0 Å². The fourth-order valence-corrected chi connectivity index (χ4v) is 2.14. The van der Waals surface area contributed by atoms with Crippen molar-refractivity contribution in [3.63, 3.8) is 0 Å². The smallest absolute Gasteiger partial charge is 0.119 e. The number of ether oxygens (including phenoxy) is 2. The van der Waals surface area contributed by atoms with E-state index in [-0.39, 0.29) is 6.10 Å². The fraction of sp³-hybridized carbons (Fsp3) is 0.538. The summed E-state index contributed by atoms with van der Waals surface area (Å²) in [5, 5.41) is 0. The number of hydrogen-bond acceptors (Lipinski definition) is 2. The summed E-state index contributed by atoms with van der Waals surface area (Å²) < 4.78 is 12.1. The van der Waals surface area contributed by atoms with E-state index in [1.165, 1.54) is 5.56 Å². The average Bonchev–Trinajstić information content (AvgIpc) is 2.35. The van der Waals surface area contributed by atoms with Gasteiger partial charge < -0.3 is 9.47 Å². The van der Waals surface area contributed by atoms with Crippen LogP contribution in [0.5, 0.6) is 5.75 Å². The van der Waals surface area contributed by atoms with Gasteiger partial charge in [0.2, 0.25) is 0 Å². The van der Waals surface area contributed by atoms with E-state index < -0.39 is 0 Å². The van der Waals surface area contributed by atoms with Gasteiger partial charge in [0.15, 0.2) is 0 Å². The standard InChI is InChI=1S/C13H19IO2/c1-4-10(2)16-13(9-14)11-6-5-7-12(8-11)15-3/h5-8,10,13H,4,9H2,1-3H3. The first-order valence-corrected chi connectivity index (χ1v) is 7.09. The summed E-state index contributed by atoms with van der Waals surface area (Å²) in [6.07, 6.45) is 1.49. The van der Waals surface area contributed by atoms with Crippen molar-refractivity contribution in [3.8, 4) is 5.75 Å². The average molecular weight is 334 g/mol. The van der Waals surface area contributed by atoms with Gasteiger partial charge in [-0.25, -0.2) is 0 Å². The molecule has 16 heavy (non-hydrogen) atoms. The maximum atomic E-state index is 5.97. The molecule has 0 aliphatic carbocycles. The lowest BCUT2D eigenvalue weighted by Crippen LogP contribution is -2.14. The summed E-state index contributed by atoms with van der Waals surface area (Å²) in [6, 6.07) is 8.10. The summed E-state index contributed by atoms with van der Waals surface area (Å²) in [5.74, 6) is 0.889. The van der Waals surface area contributed by atoms with E-state index in [1.807, 2.05) is 18.2 Å². The van der Waals surface area contributed by atoms with E-state index in [2.05, 4.69) is 42.5 Å². The normalized spacial score (nSPS) is 14.5. The largest absolute Gasteiger partial charge is 0.497 e. The summed E-state index contributed by atoms with van der Waals surface area (Å²) >= 11 is 2.36. The van der Waals surface area contributed by atoms with Crippen molar-refractivity contribution in [1.82, 2.24) is 0 Å². The van der Waals surface area contributed by atoms with E-state index in [0.29, 0.717) is 6.10 Å².